The first kappa shape index (κ1) is 36.5. The molecule has 0 radical (unpaired) electrons. The number of likely N-dealkylation sites (tertiary alicyclic amines) is 1. The summed E-state index contributed by atoms with van der Waals surface area (Å²) in [5.41, 5.74) is 0.108. The van der Waals surface area contributed by atoms with Gasteiger partial charge in [-0.3, -0.25) is 14.4 Å². The van der Waals surface area contributed by atoms with Gasteiger partial charge in [-0.15, -0.1) is 0 Å². The van der Waals surface area contributed by atoms with Gasteiger partial charge in [0, 0.05) is 18.8 Å². The maximum atomic E-state index is 13.5. The topological polar surface area (TPSA) is 144 Å². The first-order valence-electron chi connectivity index (χ1n) is 16.1. The van der Waals surface area contributed by atoms with E-state index in [1.165, 1.54) is 32.0 Å². The van der Waals surface area contributed by atoms with Gasteiger partial charge >= 0.3 is 6.09 Å². The Bertz CT molecular complexity index is 1520. The number of hydrogen-bond donors (Lipinski definition) is 3. The van der Waals surface area contributed by atoms with E-state index in [-0.39, 0.29) is 25.0 Å². The first-order chi connectivity index (χ1) is 22.8. The quantitative estimate of drug-likeness (QED) is 0.222. The summed E-state index contributed by atoms with van der Waals surface area (Å²) in [5.74, 6) is -0.904. The second kappa shape index (κ2) is 16.6. The van der Waals surface area contributed by atoms with Crippen molar-refractivity contribution in [2.45, 2.75) is 77.2 Å². The number of hydrogen-bond acceptors (Lipinski definition) is 8. The third-order valence-corrected chi connectivity index (χ3v) is 8.46. The van der Waals surface area contributed by atoms with Crippen LogP contribution >= 0.6 is 11.9 Å². The van der Waals surface area contributed by atoms with Crippen molar-refractivity contribution in [1.29, 1.82) is 0 Å². The van der Waals surface area contributed by atoms with Gasteiger partial charge < -0.3 is 30.3 Å². The molecule has 258 valence electrons. The monoisotopic (exact) mass is 678 g/mol. The van der Waals surface area contributed by atoms with Crippen molar-refractivity contribution in [3.8, 4) is 0 Å². The highest BCUT2D eigenvalue weighted by Crippen LogP contribution is 2.26. The molecule has 1 fully saturated rings. The average Bonchev–Trinajstić information content (AvgIpc) is 3.73. The van der Waals surface area contributed by atoms with Gasteiger partial charge in [-0.1, -0.05) is 60.7 Å². The molecule has 0 saturated carbocycles. The number of amides is 4. The van der Waals surface area contributed by atoms with E-state index in [1.54, 1.807) is 31.1 Å². The number of ether oxygens (including phenoxy) is 2. The van der Waals surface area contributed by atoms with Crippen molar-refractivity contribution in [3.63, 3.8) is 0 Å². The van der Waals surface area contributed by atoms with E-state index in [1.807, 2.05) is 65.6 Å². The van der Waals surface area contributed by atoms with Crippen molar-refractivity contribution in [1.82, 2.24) is 24.7 Å². The first-order valence-corrected chi connectivity index (χ1v) is 17.0. The molecule has 1 aliphatic rings. The van der Waals surface area contributed by atoms with Crippen molar-refractivity contribution < 1.29 is 28.7 Å². The standard InChI is InChI=1S/C35H46N6O6S/c1-34(2,3)47-33(45)39-35(4,5)32(44)38-29(23-46-22-25-14-8-6-9-15-25)30(42)37-27-20-36-41(21-27)48-24-28(26-16-10-7-11-17-26)31(43)40-18-12-13-19-40/h6-11,14-17,20-21,28-29H,12-13,18-19,22-24H2,1-5H3,(H,37,42)(H,38,44)(H,39,45)/t28?,29-/m1/s1. The normalized spacial score (nSPS) is 14.6. The summed E-state index contributed by atoms with van der Waals surface area (Å²) < 4.78 is 12.7. The minimum absolute atomic E-state index is 0.102. The minimum Gasteiger partial charge on any atom is -0.444 e. The average molecular weight is 679 g/mol. The molecule has 0 spiro atoms. The summed E-state index contributed by atoms with van der Waals surface area (Å²) >= 11 is 1.36. The zero-order valence-corrected chi connectivity index (χ0v) is 29.0. The number of aromatic nitrogens is 2. The van der Waals surface area contributed by atoms with Crippen molar-refractivity contribution in [3.05, 3.63) is 84.2 Å². The van der Waals surface area contributed by atoms with Crippen LogP contribution in [0.2, 0.25) is 0 Å². The predicted octanol–water partition coefficient (Wildman–Crippen LogP) is 4.73. The number of carbonyl (C=O) groups excluding carboxylic acids is 4. The molecule has 1 aliphatic heterocycles. The smallest absolute Gasteiger partial charge is 0.408 e. The molecule has 1 aromatic heterocycles. The zero-order chi connectivity index (χ0) is 34.7. The molecule has 4 rings (SSSR count). The van der Waals surface area contributed by atoms with Crippen LogP contribution in [0.15, 0.2) is 73.1 Å². The van der Waals surface area contributed by atoms with Crippen LogP contribution in [0, 0.1) is 0 Å². The number of carbonyl (C=O) groups is 4. The Hall–Kier alpha value is -4.36. The molecule has 2 heterocycles. The molecule has 12 nitrogen and oxygen atoms in total. The Morgan fingerprint density at radius 3 is 2.23 bits per heavy atom. The van der Waals surface area contributed by atoms with Crippen molar-refractivity contribution >= 4 is 41.5 Å². The van der Waals surface area contributed by atoms with E-state index in [0.29, 0.717) is 11.4 Å². The van der Waals surface area contributed by atoms with E-state index < -0.39 is 35.1 Å². The van der Waals surface area contributed by atoms with Crippen LogP contribution in [-0.4, -0.2) is 80.5 Å². The van der Waals surface area contributed by atoms with Gasteiger partial charge in [0.25, 0.3) is 0 Å². The van der Waals surface area contributed by atoms with Crippen LogP contribution in [0.4, 0.5) is 10.5 Å². The molecule has 1 saturated heterocycles. The number of anilines is 1. The molecular weight excluding hydrogens is 632 g/mol. The highest BCUT2D eigenvalue weighted by molar-refractivity contribution is 7.97. The number of nitrogens with zero attached hydrogens (tertiary/aromatic N) is 3. The largest absolute Gasteiger partial charge is 0.444 e. The van der Waals surface area contributed by atoms with Crippen LogP contribution in [0.25, 0.3) is 0 Å². The third-order valence-electron chi connectivity index (χ3n) is 7.52. The van der Waals surface area contributed by atoms with Gasteiger partial charge in [0.2, 0.25) is 17.7 Å². The molecule has 2 aromatic carbocycles. The summed E-state index contributed by atoms with van der Waals surface area (Å²) in [7, 11) is 0. The Kier molecular flexibility index (Phi) is 12.7. The fourth-order valence-electron chi connectivity index (χ4n) is 4.98. The lowest BCUT2D eigenvalue weighted by Crippen LogP contribution is -2.59. The van der Waals surface area contributed by atoms with Gasteiger partial charge in [0.15, 0.2) is 0 Å². The van der Waals surface area contributed by atoms with Crippen LogP contribution in [0.3, 0.4) is 0 Å². The molecule has 13 heteroatoms. The van der Waals surface area contributed by atoms with Crippen LogP contribution < -0.4 is 16.0 Å². The lowest BCUT2D eigenvalue weighted by atomic mass is 10.00. The van der Waals surface area contributed by atoms with Gasteiger partial charge in [0.05, 0.1) is 37.2 Å². The van der Waals surface area contributed by atoms with Gasteiger partial charge in [-0.2, -0.15) is 5.10 Å². The summed E-state index contributed by atoms with van der Waals surface area (Å²) in [6, 6.07) is 18.1. The maximum absolute atomic E-state index is 13.5. The van der Waals surface area contributed by atoms with Gasteiger partial charge in [-0.25, -0.2) is 8.88 Å². The SMILES string of the molecule is CC(C)(C)OC(=O)NC(C)(C)C(=O)N[C@H](COCc1ccccc1)C(=O)Nc1cnn(SCC(C(=O)N2CCCC2)c2ccccc2)c1. The second-order valence-corrected chi connectivity index (χ2v) is 14.2. The van der Waals surface area contributed by atoms with E-state index in [2.05, 4.69) is 21.0 Å². The van der Waals surface area contributed by atoms with E-state index in [4.69, 9.17) is 9.47 Å². The lowest BCUT2D eigenvalue weighted by molar-refractivity contribution is -0.131. The van der Waals surface area contributed by atoms with Gasteiger partial charge in [0.1, 0.15) is 17.2 Å². The highest BCUT2D eigenvalue weighted by atomic mass is 32.2. The summed E-state index contributed by atoms with van der Waals surface area (Å²) in [5, 5.41) is 12.5. The maximum Gasteiger partial charge on any atom is 0.408 e. The summed E-state index contributed by atoms with van der Waals surface area (Å²) in [6.07, 6.45) is 4.43. The number of benzene rings is 2. The minimum atomic E-state index is -1.40. The van der Waals surface area contributed by atoms with E-state index in [0.717, 1.165) is 37.1 Å². The predicted molar refractivity (Wildman–Crippen MR) is 185 cm³/mol. The second-order valence-electron chi connectivity index (χ2n) is 13.2. The molecule has 3 aromatic rings. The molecule has 2 atom stereocenters. The summed E-state index contributed by atoms with van der Waals surface area (Å²) in [4.78, 5) is 54.6. The molecule has 3 N–H and O–H groups in total. The fraction of sp³-hybridized carbons (Fsp3) is 0.457. The van der Waals surface area contributed by atoms with Crippen molar-refractivity contribution in [2.75, 3.05) is 30.8 Å². The molecular formula is C35H46N6O6S. The highest BCUT2D eigenvalue weighted by Gasteiger charge is 2.35. The Labute approximate surface area is 286 Å². The van der Waals surface area contributed by atoms with E-state index >= 15 is 0 Å². The van der Waals surface area contributed by atoms with Crippen LogP contribution in [-0.2, 0) is 30.5 Å². The summed E-state index contributed by atoms with van der Waals surface area (Å²) in [6.45, 7) is 9.84. The molecule has 4 amide bonds. The Morgan fingerprint density at radius 2 is 1.58 bits per heavy atom. The van der Waals surface area contributed by atoms with E-state index in [9.17, 15) is 19.2 Å². The van der Waals surface area contributed by atoms with Crippen LogP contribution in [0.5, 0.6) is 0 Å². The fourth-order valence-corrected chi connectivity index (χ4v) is 5.92. The Morgan fingerprint density at radius 1 is 0.938 bits per heavy atom. The Balaban J connectivity index is 1.41. The number of rotatable bonds is 14. The molecule has 0 bridgehead atoms. The molecule has 48 heavy (non-hydrogen) atoms. The number of alkyl carbamates (subject to hydrolysis) is 1. The lowest BCUT2D eigenvalue weighted by Gasteiger charge is -2.29. The zero-order valence-electron chi connectivity index (χ0n) is 28.2. The van der Waals surface area contributed by atoms with Crippen LogP contribution in [0.1, 0.15) is 64.5 Å². The van der Waals surface area contributed by atoms with Gasteiger partial charge in [-0.05, 0) is 70.5 Å². The molecule has 0 aliphatic carbocycles. The third kappa shape index (κ3) is 11.1. The number of nitrogens with one attached hydrogen (secondary N) is 3. The van der Waals surface area contributed by atoms with Crippen molar-refractivity contribution in [2.24, 2.45) is 0 Å². The molecule has 1 unspecified atom stereocenters.